The average molecular weight is 585 g/mol. The molecular formula is C29H33F5N2O5. The number of hydrogen-bond donors (Lipinski definition) is 2. The third-order valence-corrected chi connectivity index (χ3v) is 6.68. The number of carbonyl (C=O) groups excluding carboxylic acids is 2. The number of halogens is 5. The first-order valence-electron chi connectivity index (χ1n) is 13.2. The summed E-state index contributed by atoms with van der Waals surface area (Å²) in [4.78, 5) is 23.9. The van der Waals surface area contributed by atoms with Gasteiger partial charge >= 0.3 is 24.2 Å². The highest BCUT2D eigenvalue weighted by Crippen LogP contribution is 2.42. The molecule has 1 fully saturated rings. The molecular weight excluding hydrogens is 551 g/mol. The van der Waals surface area contributed by atoms with Crippen molar-refractivity contribution in [3.05, 3.63) is 59.7 Å². The van der Waals surface area contributed by atoms with Gasteiger partial charge in [-0.2, -0.15) is 22.0 Å². The standard InChI is InChI=1S/C29H33F5N2O5/c30-28(31,32)13-12-20-2-7-22(8-3-20)29(33,34)41-25-9-4-19(5-10-25)6-11-26(37)39-14-1-15-40-27(38)21-16-23(35)18-24(36)17-21/h4-6,9-11,16-18,20,22H,1-3,7-8,12-15,35-36H2. The quantitative estimate of drug-likeness (QED) is 0.0930. The first kappa shape index (κ1) is 31.7. The molecule has 1 saturated carbocycles. The van der Waals surface area contributed by atoms with Crippen LogP contribution in [0.4, 0.5) is 33.3 Å². The Morgan fingerprint density at radius 1 is 0.878 bits per heavy atom. The maximum atomic E-state index is 14.7. The van der Waals surface area contributed by atoms with E-state index in [2.05, 4.69) is 0 Å². The highest BCUT2D eigenvalue weighted by Gasteiger charge is 2.44. The fourth-order valence-electron chi connectivity index (χ4n) is 4.53. The number of esters is 2. The maximum absolute atomic E-state index is 14.7. The van der Waals surface area contributed by atoms with Gasteiger partial charge in [0, 0.05) is 30.3 Å². The summed E-state index contributed by atoms with van der Waals surface area (Å²) in [6, 6.07) is 10.1. The van der Waals surface area contributed by atoms with Crippen LogP contribution in [-0.4, -0.2) is 37.4 Å². The summed E-state index contributed by atoms with van der Waals surface area (Å²) < 4.78 is 81.6. The molecule has 2 aromatic rings. The van der Waals surface area contributed by atoms with Crippen molar-refractivity contribution in [3.8, 4) is 5.75 Å². The fraction of sp³-hybridized carbons (Fsp3) is 0.448. The van der Waals surface area contributed by atoms with Gasteiger partial charge in [-0.3, -0.25) is 0 Å². The van der Waals surface area contributed by atoms with E-state index >= 15 is 0 Å². The molecule has 1 aliphatic carbocycles. The van der Waals surface area contributed by atoms with E-state index in [0.717, 1.165) is 0 Å². The predicted octanol–water partition coefficient (Wildman–Crippen LogP) is 6.78. The van der Waals surface area contributed by atoms with Crippen LogP contribution in [0.2, 0.25) is 0 Å². The smallest absolute Gasteiger partial charge is 0.400 e. The van der Waals surface area contributed by atoms with Crippen LogP contribution in [0, 0.1) is 11.8 Å². The van der Waals surface area contributed by atoms with E-state index < -0.39 is 36.6 Å². The van der Waals surface area contributed by atoms with Crippen LogP contribution in [-0.2, 0) is 14.3 Å². The Morgan fingerprint density at radius 2 is 1.49 bits per heavy atom. The lowest BCUT2D eigenvalue weighted by Gasteiger charge is -2.33. The molecule has 1 aliphatic rings. The second-order valence-corrected chi connectivity index (χ2v) is 9.98. The fourth-order valence-corrected chi connectivity index (χ4v) is 4.53. The van der Waals surface area contributed by atoms with Gasteiger partial charge in [-0.1, -0.05) is 12.1 Å². The monoisotopic (exact) mass is 584 g/mol. The van der Waals surface area contributed by atoms with E-state index in [9.17, 15) is 31.5 Å². The predicted molar refractivity (Wildman–Crippen MR) is 143 cm³/mol. The van der Waals surface area contributed by atoms with Crippen molar-refractivity contribution < 1.29 is 45.8 Å². The minimum Gasteiger partial charge on any atom is -0.462 e. The van der Waals surface area contributed by atoms with E-state index in [1.54, 1.807) is 0 Å². The maximum Gasteiger partial charge on any atom is 0.400 e. The summed E-state index contributed by atoms with van der Waals surface area (Å²) in [5, 5.41) is 0. The number of carbonyl (C=O) groups is 2. The Bertz CT molecular complexity index is 1170. The molecule has 3 rings (SSSR count). The molecule has 0 saturated heterocycles. The largest absolute Gasteiger partial charge is 0.462 e. The molecule has 7 nitrogen and oxygen atoms in total. The summed E-state index contributed by atoms with van der Waals surface area (Å²) in [6.45, 7) is 0.0117. The van der Waals surface area contributed by atoms with E-state index in [-0.39, 0.29) is 56.1 Å². The highest BCUT2D eigenvalue weighted by molar-refractivity contribution is 5.91. The number of hydrogen-bond acceptors (Lipinski definition) is 7. The molecule has 0 amide bonds. The van der Waals surface area contributed by atoms with Crippen LogP contribution in [0.15, 0.2) is 48.5 Å². The molecule has 41 heavy (non-hydrogen) atoms. The summed E-state index contributed by atoms with van der Waals surface area (Å²) in [5.41, 5.74) is 12.7. The van der Waals surface area contributed by atoms with Gasteiger partial charge in [-0.05, 0) is 80.0 Å². The molecule has 0 aliphatic heterocycles. The number of nitrogen functional groups attached to an aromatic ring is 2. The number of rotatable bonds is 12. The number of ether oxygens (including phenoxy) is 3. The van der Waals surface area contributed by atoms with Crippen molar-refractivity contribution in [2.45, 2.75) is 57.2 Å². The summed E-state index contributed by atoms with van der Waals surface area (Å²) in [7, 11) is 0. The zero-order valence-electron chi connectivity index (χ0n) is 22.3. The molecule has 4 N–H and O–H groups in total. The van der Waals surface area contributed by atoms with Gasteiger partial charge in [0.2, 0.25) is 0 Å². The Morgan fingerprint density at radius 3 is 2.10 bits per heavy atom. The summed E-state index contributed by atoms with van der Waals surface area (Å²) in [5.74, 6) is -2.59. The first-order valence-corrected chi connectivity index (χ1v) is 13.2. The van der Waals surface area contributed by atoms with Gasteiger partial charge in [0.1, 0.15) is 5.75 Å². The average Bonchev–Trinajstić information content (AvgIpc) is 2.90. The zero-order valence-corrected chi connectivity index (χ0v) is 22.3. The Labute approximate surface area is 234 Å². The Balaban J connectivity index is 1.36. The lowest BCUT2D eigenvalue weighted by atomic mass is 9.79. The third-order valence-electron chi connectivity index (χ3n) is 6.68. The number of alkyl halides is 5. The topological polar surface area (TPSA) is 114 Å². The first-order chi connectivity index (χ1) is 19.3. The van der Waals surface area contributed by atoms with Crippen LogP contribution < -0.4 is 16.2 Å². The minimum atomic E-state index is -4.24. The van der Waals surface area contributed by atoms with Crippen molar-refractivity contribution in [1.82, 2.24) is 0 Å². The molecule has 0 radical (unpaired) electrons. The normalized spacial score (nSPS) is 17.8. The SMILES string of the molecule is Nc1cc(N)cc(C(=O)OCCCOC(=O)C=Cc2ccc(OC(F)(F)C3CCC(CCC(F)(F)F)CC3)cc2)c1. The van der Waals surface area contributed by atoms with E-state index in [0.29, 0.717) is 29.8 Å². The van der Waals surface area contributed by atoms with Gasteiger partial charge in [0.05, 0.1) is 24.7 Å². The zero-order chi connectivity index (χ0) is 30.0. The molecule has 0 heterocycles. The van der Waals surface area contributed by atoms with Crippen LogP contribution in [0.5, 0.6) is 5.75 Å². The number of benzene rings is 2. The second kappa shape index (κ2) is 14.2. The molecule has 0 unspecified atom stereocenters. The van der Waals surface area contributed by atoms with Crippen LogP contribution >= 0.6 is 0 Å². The number of anilines is 2. The van der Waals surface area contributed by atoms with Crippen LogP contribution in [0.25, 0.3) is 6.08 Å². The molecule has 2 aromatic carbocycles. The third kappa shape index (κ3) is 10.9. The Hall–Kier alpha value is -3.83. The van der Waals surface area contributed by atoms with Crippen LogP contribution in [0.1, 0.15) is 60.9 Å². The van der Waals surface area contributed by atoms with Gasteiger partial charge in [0.25, 0.3) is 0 Å². The lowest BCUT2D eigenvalue weighted by Crippen LogP contribution is -2.37. The molecule has 0 atom stereocenters. The van der Waals surface area contributed by atoms with Crippen molar-refractivity contribution >= 4 is 29.4 Å². The van der Waals surface area contributed by atoms with Gasteiger partial charge in [-0.15, -0.1) is 0 Å². The molecule has 0 spiro atoms. The molecule has 224 valence electrons. The van der Waals surface area contributed by atoms with Crippen molar-refractivity contribution in [3.63, 3.8) is 0 Å². The minimum absolute atomic E-state index is 0.00161. The van der Waals surface area contributed by atoms with Crippen molar-refractivity contribution in [2.75, 3.05) is 24.7 Å². The van der Waals surface area contributed by atoms with E-state index in [1.165, 1.54) is 54.6 Å². The summed E-state index contributed by atoms with van der Waals surface area (Å²) >= 11 is 0. The number of nitrogens with two attached hydrogens (primary N) is 2. The molecule has 12 heteroatoms. The molecule has 0 bridgehead atoms. The van der Waals surface area contributed by atoms with Crippen molar-refractivity contribution in [1.29, 1.82) is 0 Å². The summed E-state index contributed by atoms with van der Waals surface area (Å²) in [6.07, 6.45) is -4.94. The lowest BCUT2D eigenvalue weighted by molar-refractivity contribution is -0.224. The van der Waals surface area contributed by atoms with E-state index in [4.69, 9.17) is 25.7 Å². The Kier molecular flexibility index (Phi) is 11.0. The van der Waals surface area contributed by atoms with Gasteiger partial charge < -0.3 is 25.7 Å². The van der Waals surface area contributed by atoms with Crippen molar-refractivity contribution in [2.24, 2.45) is 11.8 Å². The highest BCUT2D eigenvalue weighted by atomic mass is 19.4. The van der Waals surface area contributed by atoms with E-state index in [1.807, 2.05) is 0 Å². The van der Waals surface area contributed by atoms with Gasteiger partial charge in [-0.25, -0.2) is 9.59 Å². The van der Waals surface area contributed by atoms with Gasteiger partial charge in [0.15, 0.2) is 0 Å². The second-order valence-electron chi connectivity index (χ2n) is 9.98. The molecule has 0 aromatic heterocycles. The van der Waals surface area contributed by atoms with Crippen LogP contribution in [0.3, 0.4) is 0 Å².